The highest BCUT2D eigenvalue weighted by molar-refractivity contribution is 9.10. The predicted molar refractivity (Wildman–Crippen MR) is 72.0 cm³/mol. The number of nitrogens with zero attached hydrogens (tertiary/aromatic N) is 2. The molecule has 0 bridgehead atoms. The van der Waals surface area contributed by atoms with Crippen molar-refractivity contribution in [3.8, 4) is 0 Å². The Morgan fingerprint density at radius 3 is 3.11 bits per heavy atom. The van der Waals surface area contributed by atoms with Gasteiger partial charge in [-0.3, -0.25) is 14.7 Å². The first-order chi connectivity index (χ1) is 8.69. The molecule has 1 aromatic rings. The molecule has 1 atom stereocenters. The highest BCUT2D eigenvalue weighted by Gasteiger charge is 2.26. The van der Waals surface area contributed by atoms with E-state index >= 15 is 0 Å². The molecule has 0 N–H and O–H groups in total. The molecule has 0 aromatic carbocycles. The highest BCUT2D eigenvalue weighted by atomic mass is 79.9. The molecule has 0 aliphatic carbocycles. The smallest absolute Gasteiger partial charge is 0.309 e. The van der Waals surface area contributed by atoms with Crippen molar-refractivity contribution in [2.24, 2.45) is 5.92 Å². The van der Waals surface area contributed by atoms with Crippen LogP contribution in [0.1, 0.15) is 18.5 Å². The molecule has 1 aliphatic heterocycles. The van der Waals surface area contributed by atoms with E-state index < -0.39 is 0 Å². The second-order valence-electron chi connectivity index (χ2n) is 4.57. The normalized spacial score (nSPS) is 20.7. The number of halogens is 1. The minimum atomic E-state index is -0.0940. The maximum absolute atomic E-state index is 11.5. The number of carbonyl (C=O) groups is 1. The van der Waals surface area contributed by atoms with E-state index in [9.17, 15) is 4.79 Å². The van der Waals surface area contributed by atoms with Crippen LogP contribution in [-0.4, -0.2) is 36.1 Å². The zero-order valence-electron chi connectivity index (χ0n) is 10.4. The summed E-state index contributed by atoms with van der Waals surface area (Å²) in [6.45, 7) is 2.58. The molecule has 0 amide bonds. The number of hydrogen-bond donors (Lipinski definition) is 0. The maximum Gasteiger partial charge on any atom is 0.309 e. The van der Waals surface area contributed by atoms with Crippen molar-refractivity contribution in [1.82, 2.24) is 9.88 Å². The molecule has 98 valence electrons. The number of likely N-dealkylation sites (tertiary alicyclic amines) is 1. The molecule has 2 heterocycles. The summed E-state index contributed by atoms with van der Waals surface area (Å²) < 4.78 is 5.80. The van der Waals surface area contributed by atoms with Crippen molar-refractivity contribution < 1.29 is 9.53 Å². The van der Waals surface area contributed by atoms with Crippen LogP contribution in [0.3, 0.4) is 0 Å². The van der Waals surface area contributed by atoms with Crippen LogP contribution in [0.15, 0.2) is 22.8 Å². The van der Waals surface area contributed by atoms with Gasteiger partial charge in [-0.05, 0) is 47.4 Å². The summed E-state index contributed by atoms with van der Waals surface area (Å²) >= 11 is 3.37. The Bertz CT molecular complexity index is 408. The Kier molecular flexibility index (Phi) is 4.72. The lowest BCUT2D eigenvalue weighted by Crippen LogP contribution is -2.38. The van der Waals surface area contributed by atoms with E-state index in [4.69, 9.17) is 4.74 Å². The average molecular weight is 313 g/mol. The Labute approximate surface area is 115 Å². The largest absolute Gasteiger partial charge is 0.469 e. The zero-order chi connectivity index (χ0) is 13.0. The van der Waals surface area contributed by atoms with Crippen molar-refractivity contribution in [1.29, 1.82) is 0 Å². The van der Waals surface area contributed by atoms with Gasteiger partial charge in [-0.15, -0.1) is 0 Å². The third-order valence-electron chi connectivity index (χ3n) is 3.21. The van der Waals surface area contributed by atoms with E-state index in [0.29, 0.717) is 0 Å². The second-order valence-corrected chi connectivity index (χ2v) is 5.48. The van der Waals surface area contributed by atoms with E-state index in [-0.39, 0.29) is 11.9 Å². The van der Waals surface area contributed by atoms with Crippen LogP contribution in [-0.2, 0) is 16.1 Å². The van der Waals surface area contributed by atoms with Crippen LogP contribution in [0.4, 0.5) is 0 Å². The first-order valence-electron chi connectivity index (χ1n) is 6.09. The number of aromatic nitrogens is 1. The molecule has 0 radical (unpaired) electrons. The molecule has 4 nitrogen and oxygen atoms in total. The molecule has 5 heteroatoms. The van der Waals surface area contributed by atoms with Crippen LogP contribution in [0.25, 0.3) is 0 Å². The van der Waals surface area contributed by atoms with E-state index in [0.717, 1.165) is 42.6 Å². The van der Waals surface area contributed by atoms with Crippen molar-refractivity contribution in [2.75, 3.05) is 20.2 Å². The number of rotatable bonds is 3. The monoisotopic (exact) mass is 312 g/mol. The topological polar surface area (TPSA) is 42.4 Å². The number of pyridine rings is 1. The summed E-state index contributed by atoms with van der Waals surface area (Å²) in [5, 5.41) is 0. The van der Waals surface area contributed by atoms with Gasteiger partial charge in [0, 0.05) is 23.8 Å². The molecule has 1 aliphatic rings. The van der Waals surface area contributed by atoms with E-state index in [2.05, 4.69) is 25.8 Å². The van der Waals surface area contributed by atoms with Gasteiger partial charge in [0.1, 0.15) is 0 Å². The van der Waals surface area contributed by atoms with Crippen LogP contribution in [0.2, 0.25) is 0 Å². The van der Waals surface area contributed by atoms with Crippen LogP contribution in [0, 0.1) is 5.92 Å². The quantitative estimate of drug-likeness (QED) is 0.803. The number of esters is 1. The molecule has 0 saturated carbocycles. The fraction of sp³-hybridized carbons (Fsp3) is 0.538. The van der Waals surface area contributed by atoms with Gasteiger partial charge in [0.05, 0.1) is 18.7 Å². The lowest BCUT2D eigenvalue weighted by molar-refractivity contribution is -0.147. The van der Waals surface area contributed by atoms with E-state index in [1.807, 2.05) is 12.1 Å². The first kappa shape index (κ1) is 13.5. The number of carbonyl (C=O) groups excluding carboxylic acids is 1. The molecule has 0 spiro atoms. The summed E-state index contributed by atoms with van der Waals surface area (Å²) in [6.07, 6.45) is 3.77. The summed E-state index contributed by atoms with van der Waals surface area (Å²) in [4.78, 5) is 18.2. The molecule has 1 unspecified atom stereocenters. The van der Waals surface area contributed by atoms with Gasteiger partial charge in [-0.1, -0.05) is 0 Å². The fourth-order valence-corrected chi connectivity index (χ4v) is 2.52. The van der Waals surface area contributed by atoms with Crippen molar-refractivity contribution >= 4 is 21.9 Å². The Morgan fingerprint density at radius 1 is 1.61 bits per heavy atom. The Morgan fingerprint density at radius 2 is 2.44 bits per heavy atom. The summed E-state index contributed by atoms with van der Waals surface area (Å²) in [5.74, 6) is -0.0809. The molecule has 1 saturated heterocycles. The highest BCUT2D eigenvalue weighted by Crippen LogP contribution is 2.19. The van der Waals surface area contributed by atoms with E-state index in [1.165, 1.54) is 7.11 Å². The molecular formula is C13H17BrN2O2. The van der Waals surface area contributed by atoms with Crippen LogP contribution >= 0.6 is 15.9 Å². The van der Waals surface area contributed by atoms with Gasteiger partial charge in [-0.25, -0.2) is 0 Å². The lowest BCUT2D eigenvalue weighted by Gasteiger charge is -2.30. The van der Waals surface area contributed by atoms with Crippen molar-refractivity contribution in [3.05, 3.63) is 28.5 Å². The van der Waals surface area contributed by atoms with Gasteiger partial charge < -0.3 is 4.74 Å². The molecule has 18 heavy (non-hydrogen) atoms. The third kappa shape index (κ3) is 3.53. The summed E-state index contributed by atoms with van der Waals surface area (Å²) in [6, 6.07) is 4.00. The first-order valence-corrected chi connectivity index (χ1v) is 6.89. The fourth-order valence-electron chi connectivity index (χ4n) is 2.29. The van der Waals surface area contributed by atoms with Crippen molar-refractivity contribution in [3.63, 3.8) is 0 Å². The van der Waals surface area contributed by atoms with Gasteiger partial charge in [0.15, 0.2) is 0 Å². The Hall–Kier alpha value is -0.940. The number of methoxy groups -OCH3 is 1. The SMILES string of the molecule is COC(=O)C1CCCN(Cc2ccc(Br)cn2)C1. The van der Waals surface area contributed by atoms with Gasteiger partial charge >= 0.3 is 5.97 Å². The Balaban J connectivity index is 1.93. The number of piperidine rings is 1. The minimum absolute atomic E-state index is 0.0131. The molecule has 1 fully saturated rings. The molecular weight excluding hydrogens is 296 g/mol. The maximum atomic E-state index is 11.5. The second kappa shape index (κ2) is 6.29. The average Bonchev–Trinajstić information content (AvgIpc) is 2.41. The van der Waals surface area contributed by atoms with Gasteiger partial charge in [0.25, 0.3) is 0 Å². The third-order valence-corrected chi connectivity index (χ3v) is 3.68. The lowest BCUT2D eigenvalue weighted by atomic mass is 9.98. The van der Waals surface area contributed by atoms with Crippen LogP contribution in [0.5, 0.6) is 0 Å². The van der Waals surface area contributed by atoms with Gasteiger partial charge in [0.2, 0.25) is 0 Å². The predicted octanol–water partition coefficient (Wildman–Crippen LogP) is 2.23. The standard InChI is InChI=1S/C13H17BrN2O2/c1-18-13(17)10-3-2-6-16(8-10)9-12-5-4-11(14)7-15-12/h4-5,7,10H,2-3,6,8-9H2,1H3. The molecule has 2 rings (SSSR count). The minimum Gasteiger partial charge on any atom is -0.469 e. The summed E-state index contributed by atoms with van der Waals surface area (Å²) in [7, 11) is 1.46. The molecule has 1 aromatic heterocycles. The van der Waals surface area contributed by atoms with Crippen molar-refractivity contribution in [2.45, 2.75) is 19.4 Å². The van der Waals surface area contributed by atoms with Crippen LogP contribution < -0.4 is 0 Å². The van der Waals surface area contributed by atoms with Gasteiger partial charge in [-0.2, -0.15) is 0 Å². The number of ether oxygens (including phenoxy) is 1. The number of hydrogen-bond acceptors (Lipinski definition) is 4. The zero-order valence-corrected chi connectivity index (χ0v) is 12.0. The van der Waals surface area contributed by atoms with E-state index in [1.54, 1.807) is 6.20 Å². The summed E-state index contributed by atoms with van der Waals surface area (Å²) in [5.41, 5.74) is 1.03.